The third-order valence-electron chi connectivity index (χ3n) is 3.40. The standard InChI is InChI=1S/C18H18N2O3S2/c1-11-4-5-12(2)16(6-11)24-10-17(22)23-8-15(21)14(7-19)18-20-13(3)9-25-18/h4-6,9,14H,8,10H2,1-3H3/t14-/m1/s1. The Hall–Kier alpha value is -2.17. The van der Waals surface area contributed by atoms with Crippen LogP contribution in [0, 0.1) is 32.1 Å². The zero-order valence-corrected chi connectivity index (χ0v) is 15.9. The minimum absolute atomic E-state index is 0.116. The van der Waals surface area contributed by atoms with Gasteiger partial charge in [0.05, 0.1) is 11.8 Å². The second-order valence-electron chi connectivity index (χ2n) is 5.57. The molecule has 1 aromatic carbocycles. The number of thioether (sulfide) groups is 1. The van der Waals surface area contributed by atoms with Crippen LogP contribution in [0.15, 0.2) is 28.5 Å². The second kappa shape index (κ2) is 8.79. The van der Waals surface area contributed by atoms with Gasteiger partial charge in [0, 0.05) is 16.0 Å². The summed E-state index contributed by atoms with van der Waals surface area (Å²) in [5.41, 5.74) is 2.96. The largest absolute Gasteiger partial charge is 0.457 e. The lowest BCUT2D eigenvalue weighted by Crippen LogP contribution is -2.20. The third kappa shape index (κ3) is 5.41. The molecule has 5 nitrogen and oxygen atoms in total. The number of nitriles is 1. The fraction of sp³-hybridized carbons (Fsp3) is 0.333. The van der Waals surface area contributed by atoms with Crippen LogP contribution < -0.4 is 0 Å². The number of hydrogen-bond donors (Lipinski definition) is 0. The molecule has 0 N–H and O–H groups in total. The number of benzene rings is 1. The summed E-state index contributed by atoms with van der Waals surface area (Å²) >= 11 is 2.63. The summed E-state index contributed by atoms with van der Waals surface area (Å²) in [6.45, 7) is 5.35. The highest BCUT2D eigenvalue weighted by atomic mass is 32.2. The van der Waals surface area contributed by atoms with Crippen molar-refractivity contribution >= 4 is 34.9 Å². The molecule has 2 rings (SSSR count). The Morgan fingerprint density at radius 1 is 1.36 bits per heavy atom. The van der Waals surface area contributed by atoms with E-state index in [-0.39, 0.29) is 5.75 Å². The minimum atomic E-state index is -0.988. The molecular weight excluding hydrogens is 356 g/mol. The van der Waals surface area contributed by atoms with Crippen LogP contribution in [0.2, 0.25) is 0 Å². The van der Waals surface area contributed by atoms with E-state index < -0.39 is 24.3 Å². The number of aryl methyl sites for hydroxylation is 3. The first kappa shape index (κ1) is 19.2. The maximum absolute atomic E-state index is 12.1. The van der Waals surface area contributed by atoms with Crippen molar-refractivity contribution in [2.24, 2.45) is 0 Å². The third-order valence-corrected chi connectivity index (χ3v) is 5.56. The van der Waals surface area contributed by atoms with Gasteiger partial charge in [0.1, 0.15) is 5.01 Å². The molecule has 7 heteroatoms. The maximum atomic E-state index is 12.1. The van der Waals surface area contributed by atoms with E-state index in [1.54, 1.807) is 12.3 Å². The lowest BCUT2D eigenvalue weighted by Gasteiger charge is -2.08. The summed E-state index contributed by atoms with van der Waals surface area (Å²) in [5.74, 6) is -1.81. The lowest BCUT2D eigenvalue weighted by molar-refractivity contribution is -0.145. The van der Waals surface area contributed by atoms with Crippen LogP contribution in [0.3, 0.4) is 0 Å². The summed E-state index contributed by atoms with van der Waals surface area (Å²) in [6.07, 6.45) is 0. The van der Waals surface area contributed by atoms with Gasteiger partial charge in [-0.2, -0.15) is 5.26 Å². The van der Waals surface area contributed by atoms with E-state index in [0.29, 0.717) is 5.01 Å². The van der Waals surface area contributed by atoms with E-state index in [4.69, 9.17) is 4.74 Å². The molecule has 0 radical (unpaired) electrons. The molecule has 2 aromatic rings. The number of thiazole rings is 1. The second-order valence-corrected chi connectivity index (χ2v) is 7.48. The Balaban J connectivity index is 1.85. The topological polar surface area (TPSA) is 80.0 Å². The Bertz CT molecular complexity index is 824. The molecular formula is C18H18N2O3S2. The molecule has 25 heavy (non-hydrogen) atoms. The van der Waals surface area contributed by atoms with Crippen LogP contribution in [-0.2, 0) is 14.3 Å². The van der Waals surface area contributed by atoms with Crippen molar-refractivity contribution in [3.05, 3.63) is 45.4 Å². The predicted molar refractivity (Wildman–Crippen MR) is 97.8 cm³/mol. The predicted octanol–water partition coefficient (Wildman–Crippen LogP) is 3.58. The van der Waals surface area contributed by atoms with Gasteiger partial charge in [0.15, 0.2) is 18.3 Å². The van der Waals surface area contributed by atoms with E-state index in [1.165, 1.54) is 23.1 Å². The monoisotopic (exact) mass is 374 g/mol. The quantitative estimate of drug-likeness (QED) is 0.544. The van der Waals surface area contributed by atoms with Crippen molar-refractivity contribution in [1.82, 2.24) is 4.98 Å². The van der Waals surface area contributed by atoms with Crippen molar-refractivity contribution in [3.8, 4) is 6.07 Å². The Labute approximate surface area is 155 Å². The van der Waals surface area contributed by atoms with Crippen LogP contribution in [0.5, 0.6) is 0 Å². The molecule has 0 saturated carbocycles. The average molecular weight is 374 g/mol. The number of ether oxygens (including phenoxy) is 1. The van der Waals surface area contributed by atoms with E-state index in [9.17, 15) is 14.9 Å². The highest BCUT2D eigenvalue weighted by Gasteiger charge is 2.24. The van der Waals surface area contributed by atoms with Gasteiger partial charge in [-0.05, 0) is 32.4 Å². The van der Waals surface area contributed by atoms with Gasteiger partial charge in [0.2, 0.25) is 0 Å². The zero-order chi connectivity index (χ0) is 18.4. The molecule has 0 aliphatic rings. The summed E-state index contributed by atoms with van der Waals surface area (Å²) in [5, 5.41) is 11.4. The number of Topliss-reactive ketones (excluding diaryl/α,β-unsaturated/α-hetero) is 1. The first-order valence-corrected chi connectivity index (χ1v) is 9.47. The fourth-order valence-corrected chi connectivity index (χ4v) is 3.83. The number of rotatable bonds is 7. The molecule has 0 saturated heterocycles. The Morgan fingerprint density at radius 2 is 2.12 bits per heavy atom. The van der Waals surface area contributed by atoms with Crippen LogP contribution in [0.4, 0.5) is 0 Å². The normalized spacial score (nSPS) is 11.6. The number of ketones is 1. The van der Waals surface area contributed by atoms with Crippen molar-refractivity contribution < 1.29 is 14.3 Å². The van der Waals surface area contributed by atoms with E-state index in [2.05, 4.69) is 4.98 Å². The molecule has 130 valence electrons. The highest BCUT2D eigenvalue weighted by Crippen LogP contribution is 2.24. The highest BCUT2D eigenvalue weighted by molar-refractivity contribution is 8.00. The summed E-state index contributed by atoms with van der Waals surface area (Å²) in [4.78, 5) is 29.2. The average Bonchev–Trinajstić information content (AvgIpc) is 3.00. The van der Waals surface area contributed by atoms with Crippen molar-refractivity contribution in [2.75, 3.05) is 12.4 Å². The SMILES string of the molecule is Cc1ccc(C)c(SCC(=O)OCC(=O)[C@@H](C#N)c2nc(C)cs2)c1. The summed E-state index contributed by atoms with van der Waals surface area (Å²) in [7, 11) is 0. The van der Waals surface area contributed by atoms with E-state index in [1.807, 2.05) is 38.1 Å². The molecule has 1 aromatic heterocycles. The van der Waals surface area contributed by atoms with Gasteiger partial charge in [0.25, 0.3) is 0 Å². The maximum Gasteiger partial charge on any atom is 0.316 e. The van der Waals surface area contributed by atoms with E-state index in [0.717, 1.165) is 21.7 Å². The first-order valence-electron chi connectivity index (χ1n) is 7.60. The van der Waals surface area contributed by atoms with Crippen molar-refractivity contribution in [2.45, 2.75) is 31.6 Å². The van der Waals surface area contributed by atoms with Crippen LogP contribution in [0.1, 0.15) is 27.7 Å². The fourth-order valence-electron chi connectivity index (χ4n) is 2.05. The molecule has 0 bridgehead atoms. The number of carbonyl (C=O) groups is 2. The van der Waals surface area contributed by atoms with Crippen LogP contribution in [-0.4, -0.2) is 29.1 Å². The molecule has 0 amide bonds. The van der Waals surface area contributed by atoms with Crippen LogP contribution >= 0.6 is 23.1 Å². The van der Waals surface area contributed by atoms with Crippen molar-refractivity contribution in [1.29, 1.82) is 5.26 Å². The van der Waals surface area contributed by atoms with Gasteiger partial charge in [-0.15, -0.1) is 23.1 Å². The lowest BCUT2D eigenvalue weighted by atomic mass is 10.1. The summed E-state index contributed by atoms with van der Waals surface area (Å²) < 4.78 is 5.02. The van der Waals surface area contributed by atoms with Crippen molar-refractivity contribution in [3.63, 3.8) is 0 Å². The molecule has 0 unspecified atom stereocenters. The van der Waals surface area contributed by atoms with Gasteiger partial charge >= 0.3 is 5.97 Å². The first-order chi connectivity index (χ1) is 11.9. The van der Waals surface area contributed by atoms with Gasteiger partial charge in [-0.1, -0.05) is 17.7 Å². The van der Waals surface area contributed by atoms with E-state index >= 15 is 0 Å². The Kier molecular flexibility index (Phi) is 6.73. The number of aromatic nitrogens is 1. The van der Waals surface area contributed by atoms with Crippen LogP contribution in [0.25, 0.3) is 0 Å². The molecule has 0 fully saturated rings. The summed E-state index contributed by atoms with van der Waals surface area (Å²) in [6, 6.07) is 7.95. The van der Waals surface area contributed by atoms with Gasteiger partial charge < -0.3 is 4.74 Å². The molecule has 1 heterocycles. The molecule has 0 aliphatic heterocycles. The number of hydrogen-bond acceptors (Lipinski definition) is 7. The smallest absolute Gasteiger partial charge is 0.316 e. The van der Waals surface area contributed by atoms with Gasteiger partial charge in [-0.25, -0.2) is 4.98 Å². The number of esters is 1. The Morgan fingerprint density at radius 3 is 2.76 bits per heavy atom. The number of nitrogens with zero attached hydrogens (tertiary/aromatic N) is 2. The zero-order valence-electron chi connectivity index (χ0n) is 14.2. The minimum Gasteiger partial charge on any atom is -0.457 e. The molecule has 0 spiro atoms. The number of carbonyl (C=O) groups excluding carboxylic acids is 2. The molecule has 0 aliphatic carbocycles. The molecule has 1 atom stereocenters. The van der Waals surface area contributed by atoms with Gasteiger partial charge in [-0.3, -0.25) is 9.59 Å².